The first kappa shape index (κ1) is 17.3. The smallest absolute Gasteiger partial charge is 0.309 e. The minimum absolute atomic E-state index is 0.331. The average Bonchev–Trinajstić information content (AvgIpc) is 2.98. The van der Waals surface area contributed by atoms with Crippen molar-refractivity contribution < 1.29 is 0 Å². The molecule has 0 unspecified atom stereocenters. The van der Waals surface area contributed by atoms with Crippen LogP contribution in [0.3, 0.4) is 0 Å². The third kappa shape index (κ3) is 3.19. The lowest BCUT2D eigenvalue weighted by atomic mass is 10.2. The van der Waals surface area contributed by atoms with Gasteiger partial charge in [0.2, 0.25) is 0 Å². The molecule has 0 aliphatic carbocycles. The number of imidazole rings is 1. The first-order valence-electron chi connectivity index (χ1n) is 7.98. The van der Waals surface area contributed by atoms with Crippen molar-refractivity contribution in [1.82, 2.24) is 18.7 Å². The summed E-state index contributed by atoms with van der Waals surface area (Å²) >= 11 is 1.58. The number of allylic oxidation sites excluding steroid dienone is 1. The molecule has 0 bridgehead atoms. The predicted octanol–water partition coefficient (Wildman–Crippen LogP) is 1.95. The second-order valence-electron chi connectivity index (χ2n) is 5.76. The van der Waals surface area contributed by atoms with Crippen molar-refractivity contribution >= 4 is 22.9 Å². The number of fused-ring (bicyclic) bond motifs is 1. The Morgan fingerprint density at radius 2 is 1.88 bits per heavy atom. The molecule has 25 heavy (non-hydrogen) atoms. The molecule has 0 spiro atoms. The highest BCUT2D eigenvalue weighted by atomic mass is 32.2. The monoisotopic (exact) mass is 356 g/mol. The highest BCUT2D eigenvalue weighted by Crippen LogP contribution is 2.22. The molecule has 6 nitrogen and oxygen atoms in total. The van der Waals surface area contributed by atoms with E-state index in [2.05, 4.69) is 23.7 Å². The maximum atomic E-state index is 12.6. The van der Waals surface area contributed by atoms with Crippen molar-refractivity contribution in [3.05, 3.63) is 69.4 Å². The lowest BCUT2D eigenvalue weighted by molar-refractivity contribution is 0.700. The molecular formula is C18H20N4O2S. The zero-order valence-corrected chi connectivity index (χ0v) is 15.1. The van der Waals surface area contributed by atoms with Gasteiger partial charge < -0.3 is 4.57 Å². The van der Waals surface area contributed by atoms with Gasteiger partial charge in [-0.05, 0) is 12.0 Å². The van der Waals surface area contributed by atoms with Gasteiger partial charge in [0.15, 0.2) is 16.3 Å². The zero-order chi connectivity index (χ0) is 18.0. The van der Waals surface area contributed by atoms with Crippen LogP contribution >= 0.6 is 11.8 Å². The van der Waals surface area contributed by atoms with Gasteiger partial charge in [-0.2, -0.15) is 0 Å². The number of thioether (sulfide) groups is 1. The van der Waals surface area contributed by atoms with Crippen LogP contribution in [0.5, 0.6) is 0 Å². The maximum absolute atomic E-state index is 12.6. The highest BCUT2D eigenvalue weighted by Gasteiger charge is 2.18. The van der Waals surface area contributed by atoms with Crippen molar-refractivity contribution in [2.75, 3.05) is 5.75 Å². The van der Waals surface area contributed by atoms with E-state index in [0.29, 0.717) is 17.7 Å². The van der Waals surface area contributed by atoms with Crippen molar-refractivity contribution in [3.8, 4) is 0 Å². The largest absolute Gasteiger partial charge is 0.332 e. The third-order valence-electron chi connectivity index (χ3n) is 4.09. The Hall–Kier alpha value is -2.54. The zero-order valence-electron chi connectivity index (χ0n) is 14.3. The highest BCUT2D eigenvalue weighted by molar-refractivity contribution is 7.99. The van der Waals surface area contributed by atoms with E-state index in [4.69, 9.17) is 0 Å². The number of aromatic nitrogens is 4. The van der Waals surface area contributed by atoms with Crippen LogP contribution in [0, 0.1) is 0 Å². The van der Waals surface area contributed by atoms with Crippen molar-refractivity contribution in [2.24, 2.45) is 14.1 Å². The number of nitrogens with zero attached hydrogens (tertiary/aromatic N) is 4. The number of rotatable bonds is 6. The third-order valence-corrected chi connectivity index (χ3v) is 5.07. The quantitative estimate of drug-likeness (QED) is 0.500. The van der Waals surface area contributed by atoms with Crippen molar-refractivity contribution in [3.63, 3.8) is 0 Å². The molecule has 0 N–H and O–H groups in total. The van der Waals surface area contributed by atoms with E-state index in [-0.39, 0.29) is 11.2 Å². The molecule has 2 heterocycles. The Labute approximate surface area is 149 Å². The lowest BCUT2D eigenvalue weighted by Gasteiger charge is -2.07. The minimum Gasteiger partial charge on any atom is -0.309 e. The maximum Gasteiger partial charge on any atom is 0.332 e. The SMILES string of the molecule is C=CCn1c(SCCc2ccccc2)nc2c1c(=O)n(C)c(=O)n2C. The summed E-state index contributed by atoms with van der Waals surface area (Å²) in [7, 11) is 3.12. The molecular weight excluding hydrogens is 336 g/mol. The molecule has 0 atom stereocenters. The molecule has 1 aromatic carbocycles. The molecule has 0 aliphatic rings. The van der Waals surface area contributed by atoms with Crippen molar-refractivity contribution in [1.29, 1.82) is 0 Å². The van der Waals surface area contributed by atoms with E-state index < -0.39 is 0 Å². The van der Waals surface area contributed by atoms with Gasteiger partial charge in [-0.1, -0.05) is 48.2 Å². The van der Waals surface area contributed by atoms with Gasteiger partial charge >= 0.3 is 5.69 Å². The summed E-state index contributed by atoms with van der Waals surface area (Å²) in [4.78, 5) is 29.2. The number of benzene rings is 1. The predicted molar refractivity (Wildman–Crippen MR) is 101 cm³/mol. The van der Waals surface area contributed by atoms with E-state index >= 15 is 0 Å². The number of hydrogen-bond donors (Lipinski definition) is 0. The summed E-state index contributed by atoms with van der Waals surface area (Å²) in [6, 6.07) is 10.2. The van der Waals surface area contributed by atoms with E-state index in [0.717, 1.165) is 21.9 Å². The van der Waals surface area contributed by atoms with Crippen LogP contribution in [0.1, 0.15) is 5.56 Å². The molecule has 0 radical (unpaired) electrons. The van der Waals surface area contributed by atoms with E-state index in [1.165, 1.54) is 17.2 Å². The Balaban J connectivity index is 2.00. The van der Waals surface area contributed by atoms with Gasteiger partial charge in [0, 0.05) is 26.4 Å². The van der Waals surface area contributed by atoms with Gasteiger partial charge in [0.1, 0.15) is 0 Å². The molecule has 2 aromatic heterocycles. The molecule has 3 aromatic rings. The fourth-order valence-electron chi connectivity index (χ4n) is 2.74. The summed E-state index contributed by atoms with van der Waals surface area (Å²) in [6.45, 7) is 4.24. The van der Waals surface area contributed by atoms with Crippen LogP contribution in [0.2, 0.25) is 0 Å². The molecule has 0 fully saturated rings. The Kier molecular flexibility index (Phi) is 4.94. The van der Waals surface area contributed by atoms with Crippen LogP contribution in [0.15, 0.2) is 57.7 Å². The molecule has 3 rings (SSSR count). The second kappa shape index (κ2) is 7.14. The number of hydrogen-bond acceptors (Lipinski definition) is 4. The Morgan fingerprint density at radius 3 is 2.56 bits per heavy atom. The number of aryl methyl sites for hydroxylation is 2. The van der Waals surface area contributed by atoms with Gasteiger partial charge in [-0.25, -0.2) is 9.78 Å². The van der Waals surface area contributed by atoms with Gasteiger partial charge in [0.25, 0.3) is 5.56 Å². The van der Waals surface area contributed by atoms with Crippen LogP contribution in [-0.2, 0) is 27.1 Å². The summed E-state index contributed by atoms with van der Waals surface area (Å²) in [6.07, 6.45) is 2.63. The molecule has 0 saturated heterocycles. The van der Waals surface area contributed by atoms with Crippen LogP contribution in [0.4, 0.5) is 0 Å². The van der Waals surface area contributed by atoms with Gasteiger partial charge in [0.05, 0.1) is 0 Å². The molecule has 130 valence electrons. The van der Waals surface area contributed by atoms with Crippen LogP contribution in [-0.4, -0.2) is 24.4 Å². The Bertz CT molecular complexity index is 1030. The topological polar surface area (TPSA) is 61.8 Å². The summed E-state index contributed by atoms with van der Waals surface area (Å²) in [5.74, 6) is 0.832. The molecule has 7 heteroatoms. The molecule has 0 aliphatic heterocycles. The molecule has 0 saturated carbocycles. The standard InChI is InChI=1S/C18H20N4O2S/c1-4-11-22-14-15(20(2)18(24)21(3)16(14)23)19-17(22)25-12-10-13-8-6-5-7-9-13/h4-9H,1,10-12H2,2-3H3. The van der Waals surface area contributed by atoms with E-state index in [1.807, 2.05) is 22.8 Å². The van der Waals surface area contributed by atoms with Crippen molar-refractivity contribution in [2.45, 2.75) is 18.1 Å². The lowest BCUT2D eigenvalue weighted by Crippen LogP contribution is -2.37. The second-order valence-corrected chi connectivity index (χ2v) is 6.82. The van der Waals surface area contributed by atoms with Gasteiger partial charge in [-0.15, -0.1) is 6.58 Å². The molecule has 0 amide bonds. The van der Waals surface area contributed by atoms with Gasteiger partial charge in [-0.3, -0.25) is 13.9 Å². The summed E-state index contributed by atoms with van der Waals surface area (Å²) in [5, 5.41) is 0.726. The summed E-state index contributed by atoms with van der Waals surface area (Å²) in [5.41, 5.74) is 1.40. The first-order valence-corrected chi connectivity index (χ1v) is 8.97. The normalized spacial score (nSPS) is 11.1. The van der Waals surface area contributed by atoms with Crippen LogP contribution in [0.25, 0.3) is 11.2 Å². The van der Waals surface area contributed by atoms with E-state index in [1.54, 1.807) is 24.9 Å². The van der Waals surface area contributed by atoms with E-state index in [9.17, 15) is 9.59 Å². The first-order chi connectivity index (χ1) is 12.0. The average molecular weight is 356 g/mol. The summed E-state index contributed by atoms with van der Waals surface area (Å²) < 4.78 is 4.36. The van der Waals surface area contributed by atoms with Crippen LogP contribution < -0.4 is 11.2 Å². The fraction of sp³-hybridized carbons (Fsp3) is 0.278. The Morgan fingerprint density at radius 1 is 1.16 bits per heavy atom. The fourth-order valence-corrected chi connectivity index (χ4v) is 3.73. The minimum atomic E-state index is -0.374.